The highest BCUT2D eigenvalue weighted by atomic mass is 32.2. The Hall–Kier alpha value is -2.00. The molecule has 0 spiro atoms. The van der Waals surface area contributed by atoms with Crippen LogP contribution in [0.3, 0.4) is 0 Å². The number of thiophene rings is 1. The number of halogens is 1. The van der Waals surface area contributed by atoms with Crippen LogP contribution in [0.1, 0.15) is 17.4 Å². The van der Waals surface area contributed by atoms with Crippen molar-refractivity contribution in [3.8, 4) is 10.6 Å². The standard InChI is InChI=1S/C17H16FNO4S2/c1-11-9-12(18)4-7-17(11)25(21,22)19-10-13(20)14-5-6-15(23-14)16-3-2-8-24-16/h2-9,13,19-20H,10H2,1H3. The van der Waals surface area contributed by atoms with E-state index in [1.807, 2.05) is 17.5 Å². The summed E-state index contributed by atoms with van der Waals surface area (Å²) in [6.07, 6.45) is -1.13. The summed E-state index contributed by atoms with van der Waals surface area (Å²) in [5, 5.41) is 12.1. The van der Waals surface area contributed by atoms with Crippen LogP contribution in [-0.4, -0.2) is 20.1 Å². The molecule has 8 heteroatoms. The molecule has 1 atom stereocenters. The van der Waals surface area contributed by atoms with Crippen LogP contribution >= 0.6 is 11.3 Å². The second kappa shape index (κ2) is 7.09. The monoisotopic (exact) mass is 381 g/mol. The first-order valence-corrected chi connectivity index (χ1v) is 9.80. The number of aliphatic hydroxyl groups excluding tert-OH is 1. The van der Waals surface area contributed by atoms with E-state index in [-0.39, 0.29) is 17.2 Å². The third kappa shape index (κ3) is 3.98. The van der Waals surface area contributed by atoms with Gasteiger partial charge >= 0.3 is 0 Å². The summed E-state index contributed by atoms with van der Waals surface area (Å²) in [6.45, 7) is 1.25. The van der Waals surface area contributed by atoms with Crippen LogP contribution in [0.25, 0.3) is 10.6 Å². The maximum atomic E-state index is 13.1. The van der Waals surface area contributed by atoms with E-state index >= 15 is 0 Å². The average molecular weight is 381 g/mol. The zero-order valence-corrected chi connectivity index (χ0v) is 14.9. The second-order valence-corrected chi connectivity index (χ2v) is 8.14. The molecule has 0 aliphatic rings. The summed E-state index contributed by atoms with van der Waals surface area (Å²) in [5.41, 5.74) is 0.292. The van der Waals surface area contributed by atoms with E-state index in [1.54, 1.807) is 12.1 Å². The number of aliphatic hydroxyl groups is 1. The predicted octanol–water partition coefficient (Wildman–Crippen LogP) is 3.47. The van der Waals surface area contributed by atoms with Crippen molar-refractivity contribution in [3.05, 3.63) is 65.0 Å². The van der Waals surface area contributed by atoms with E-state index < -0.39 is 21.9 Å². The fraction of sp³-hybridized carbons (Fsp3) is 0.176. The van der Waals surface area contributed by atoms with Crippen LogP contribution in [0, 0.1) is 12.7 Å². The molecule has 0 radical (unpaired) electrons. The lowest BCUT2D eigenvalue weighted by atomic mass is 10.2. The highest BCUT2D eigenvalue weighted by Crippen LogP contribution is 2.28. The lowest BCUT2D eigenvalue weighted by Gasteiger charge is -2.12. The molecule has 3 aromatic rings. The van der Waals surface area contributed by atoms with Crippen molar-refractivity contribution < 1.29 is 22.3 Å². The molecule has 0 fully saturated rings. The molecule has 25 heavy (non-hydrogen) atoms. The van der Waals surface area contributed by atoms with Gasteiger partial charge in [-0.15, -0.1) is 11.3 Å². The second-order valence-electron chi connectivity index (χ2n) is 5.46. The first-order valence-electron chi connectivity index (χ1n) is 7.44. The number of hydrogen-bond donors (Lipinski definition) is 2. The Morgan fingerprint density at radius 3 is 2.76 bits per heavy atom. The van der Waals surface area contributed by atoms with Crippen molar-refractivity contribution in [1.29, 1.82) is 0 Å². The molecular formula is C17H16FNO4S2. The summed E-state index contributed by atoms with van der Waals surface area (Å²) in [5.74, 6) is 0.372. The van der Waals surface area contributed by atoms with Crippen molar-refractivity contribution in [2.45, 2.75) is 17.9 Å². The fourth-order valence-corrected chi connectivity index (χ4v) is 4.31. The van der Waals surface area contributed by atoms with Crippen molar-refractivity contribution in [3.63, 3.8) is 0 Å². The molecule has 132 valence electrons. The Kier molecular flexibility index (Phi) is 5.05. The zero-order valence-electron chi connectivity index (χ0n) is 13.3. The summed E-state index contributed by atoms with van der Waals surface area (Å²) in [7, 11) is -3.86. The van der Waals surface area contributed by atoms with Crippen LogP contribution in [0.4, 0.5) is 4.39 Å². The van der Waals surface area contributed by atoms with Gasteiger partial charge in [-0.3, -0.25) is 0 Å². The van der Waals surface area contributed by atoms with Gasteiger partial charge in [0.2, 0.25) is 10.0 Å². The molecule has 0 aliphatic carbocycles. The molecule has 1 unspecified atom stereocenters. The number of sulfonamides is 1. The van der Waals surface area contributed by atoms with Crippen molar-refractivity contribution >= 4 is 21.4 Å². The molecule has 2 N–H and O–H groups in total. The number of nitrogens with one attached hydrogen (secondary N) is 1. The third-order valence-electron chi connectivity index (χ3n) is 3.61. The van der Waals surface area contributed by atoms with Gasteiger partial charge in [0, 0.05) is 6.54 Å². The van der Waals surface area contributed by atoms with Gasteiger partial charge in [-0.1, -0.05) is 6.07 Å². The Morgan fingerprint density at radius 2 is 2.08 bits per heavy atom. The van der Waals surface area contributed by atoms with E-state index in [2.05, 4.69) is 4.72 Å². The van der Waals surface area contributed by atoms with Gasteiger partial charge in [0.25, 0.3) is 0 Å². The molecule has 2 aromatic heterocycles. The van der Waals surface area contributed by atoms with E-state index in [0.717, 1.165) is 17.0 Å². The molecule has 0 amide bonds. The number of hydrogen-bond acceptors (Lipinski definition) is 5. The number of rotatable bonds is 6. The van der Waals surface area contributed by atoms with Crippen LogP contribution in [0.2, 0.25) is 0 Å². The summed E-state index contributed by atoms with van der Waals surface area (Å²) >= 11 is 1.50. The molecule has 0 saturated carbocycles. The zero-order chi connectivity index (χ0) is 18.0. The molecule has 1 aromatic carbocycles. The third-order valence-corrected chi connectivity index (χ3v) is 6.08. The van der Waals surface area contributed by atoms with E-state index in [9.17, 15) is 17.9 Å². The van der Waals surface area contributed by atoms with E-state index in [4.69, 9.17) is 4.42 Å². The highest BCUT2D eigenvalue weighted by Gasteiger charge is 2.21. The molecule has 0 saturated heterocycles. The van der Waals surface area contributed by atoms with Crippen molar-refractivity contribution in [2.24, 2.45) is 0 Å². The number of furan rings is 1. The van der Waals surface area contributed by atoms with Crippen molar-refractivity contribution in [1.82, 2.24) is 4.72 Å². The van der Waals surface area contributed by atoms with Crippen LogP contribution in [0.5, 0.6) is 0 Å². The quantitative estimate of drug-likeness (QED) is 0.685. The summed E-state index contributed by atoms with van der Waals surface area (Å²) in [6, 6.07) is 10.5. The van der Waals surface area contributed by atoms with Gasteiger partial charge in [-0.25, -0.2) is 17.5 Å². The lowest BCUT2D eigenvalue weighted by Crippen LogP contribution is -2.29. The SMILES string of the molecule is Cc1cc(F)ccc1S(=O)(=O)NCC(O)c1ccc(-c2cccs2)o1. The van der Waals surface area contributed by atoms with Gasteiger partial charge < -0.3 is 9.52 Å². The van der Waals surface area contributed by atoms with Gasteiger partial charge in [0.15, 0.2) is 0 Å². The molecular weight excluding hydrogens is 365 g/mol. The minimum Gasteiger partial charge on any atom is -0.457 e. The molecule has 5 nitrogen and oxygen atoms in total. The van der Waals surface area contributed by atoms with Crippen LogP contribution in [-0.2, 0) is 10.0 Å². The topological polar surface area (TPSA) is 79.5 Å². The Labute approximate surface area is 148 Å². The smallest absolute Gasteiger partial charge is 0.240 e. The Bertz CT molecular complexity index is 964. The maximum Gasteiger partial charge on any atom is 0.240 e. The summed E-state index contributed by atoms with van der Waals surface area (Å²) in [4.78, 5) is 0.890. The first kappa shape index (κ1) is 17.8. The highest BCUT2D eigenvalue weighted by molar-refractivity contribution is 7.89. The normalized spacial score (nSPS) is 13.1. The van der Waals surface area contributed by atoms with Crippen LogP contribution < -0.4 is 4.72 Å². The molecule has 3 rings (SSSR count). The first-order chi connectivity index (χ1) is 11.9. The fourth-order valence-electron chi connectivity index (χ4n) is 2.36. The molecule has 0 bridgehead atoms. The largest absolute Gasteiger partial charge is 0.457 e. The van der Waals surface area contributed by atoms with Gasteiger partial charge in [0.1, 0.15) is 23.4 Å². The van der Waals surface area contributed by atoms with E-state index in [0.29, 0.717) is 11.3 Å². The van der Waals surface area contributed by atoms with Crippen LogP contribution in [0.15, 0.2) is 57.2 Å². The van der Waals surface area contributed by atoms with Gasteiger partial charge in [-0.05, 0) is 54.3 Å². The molecule has 2 heterocycles. The Morgan fingerprint density at radius 1 is 1.28 bits per heavy atom. The van der Waals surface area contributed by atoms with E-state index in [1.165, 1.54) is 24.3 Å². The number of benzene rings is 1. The summed E-state index contributed by atoms with van der Waals surface area (Å²) < 4.78 is 45.7. The van der Waals surface area contributed by atoms with Gasteiger partial charge in [-0.2, -0.15) is 0 Å². The lowest BCUT2D eigenvalue weighted by molar-refractivity contribution is 0.155. The van der Waals surface area contributed by atoms with Crippen molar-refractivity contribution in [2.75, 3.05) is 6.54 Å². The number of aryl methyl sites for hydroxylation is 1. The minimum absolute atomic E-state index is 0.0279. The molecule has 0 aliphatic heterocycles. The Balaban J connectivity index is 1.70. The van der Waals surface area contributed by atoms with Gasteiger partial charge in [0.05, 0.1) is 9.77 Å². The minimum atomic E-state index is -3.86. The predicted molar refractivity (Wildman–Crippen MR) is 93.3 cm³/mol. The maximum absolute atomic E-state index is 13.1. The average Bonchev–Trinajstić information content (AvgIpc) is 3.23.